The predicted octanol–water partition coefficient (Wildman–Crippen LogP) is 4.72. The zero-order valence-electron chi connectivity index (χ0n) is 15.4. The average Bonchev–Trinajstić information content (AvgIpc) is 2.50. The van der Waals surface area contributed by atoms with Gasteiger partial charge in [-0.3, -0.25) is 0 Å². The molecule has 22 heavy (non-hydrogen) atoms. The molecule has 0 saturated carbocycles. The van der Waals surface area contributed by atoms with Gasteiger partial charge in [0, 0.05) is 26.7 Å². The summed E-state index contributed by atoms with van der Waals surface area (Å²) in [6.45, 7) is 16.6. The summed E-state index contributed by atoms with van der Waals surface area (Å²) in [5.41, 5.74) is 0. The Kier molecular flexibility index (Phi) is 13.2. The van der Waals surface area contributed by atoms with Gasteiger partial charge in [-0.2, -0.15) is 0 Å². The van der Waals surface area contributed by atoms with Crippen molar-refractivity contribution < 1.29 is 18.9 Å². The van der Waals surface area contributed by atoms with Crippen LogP contribution in [-0.2, 0) is 18.9 Å². The Labute approximate surface area is 137 Å². The lowest BCUT2D eigenvalue weighted by Crippen LogP contribution is -2.41. The molecule has 3 atom stereocenters. The third-order valence-corrected chi connectivity index (χ3v) is 3.35. The molecule has 0 aromatic heterocycles. The van der Waals surface area contributed by atoms with Crippen molar-refractivity contribution in [1.82, 2.24) is 0 Å². The summed E-state index contributed by atoms with van der Waals surface area (Å²) < 4.78 is 23.5. The topological polar surface area (TPSA) is 36.9 Å². The Hall–Kier alpha value is -0.160. The number of unbranched alkanes of at least 4 members (excludes halogenated alkanes) is 1. The van der Waals surface area contributed by atoms with Crippen molar-refractivity contribution in [3.8, 4) is 0 Å². The van der Waals surface area contributed by atoms with E-state index in [9.17, 15) is 0 Å². The van der Waals surface area contributed by atoms with Gasteiger partial charge in [0.15, 0.2) is 12.1 Å². The highest BCUT2D eigenvalue weighted by molar-refractivity contribution is 4.77. The average molecular weight is 317 g/mol. The zero-order chi connectivity index (χ0) is 16.8. The van der Waals surface area contributed by atoms with E-state index >= 15 is 0 Å². The van der Waals surface area contributed by atoms with Gasteiger partial charge in [0.2, 0.25) is 0 Å². The molecule has 0 fully saturated rings. The zero-order valence-corrected chi connectivity index (χ0v) is 15.4. The molecule has 1 radical (unpaired) electrons. The summed E-state index contributed by atoms with van der Waals surface area (Å²) in [6.07, 6.45) is 5.19. The molecular formula is C18H37O4. The number of ether oxygens (including phenoxy) is 4. The van der Waals surface area contributed by atoms with Crippen molar-refractivity contribution in [1.29, 1.82) is 0 Å². The lowest BCUT2D eigenvalue weighted by Gasteiger charge is -2.35. The highest BCUT2D eigenvalue weighted by Crippen LogP contribution is 2.24. The molecule has 0 heterocycles. The monoisotopic (exact) mass is 317 g/mol. The van der Waals surface area contributed by atoms with E-state index in [2.05, 4.69) is 34.6 Å². The van der Waals surface area contributed by atoms with Crippen LogP contribution in [0.2, 0.25) is 0 Å². The minimum Gasteiger partial charge on any atom is -0.352 e. The van der Waals surface area contributed by atoms with E-state index in [1.807, 2.05) is 6.92 Å². The van der Waals surface area contributed by atoms with Crippen LogP contribution in [0.1, 0.15) is 73.1 Å². The van der Waals surface area contributed by atoms with Crippen molar-refractivity contribution >= 4 is 0 Å². The minimum atomic E-state index is -0.907. The first-order valence-electron chi connectivity index (χ1n) is 8.91. The summed E-state index contributed by atoms with van der Waals surface area (Å²) in [5, 5.41) is 0. The minimum absolute atomic E-state index is 0.0943. The maximum Gasteiger partial charge on any atom is 0.173 e. The van der Waals surface area contributed by atoms with Crippen LogP contribution in [0.5, 0.6) is 0 Å². The molecule has 4 heteroatoms. The van der Waals surface area contributed by atoms with Crippen LogP contribution in [-0.4, -0.2) is 38.0 Å². The summed E-state index contributed by atoms with van der Waals surface area (Å²) in [5.74, 6) is -0.907. The van der Waals surface area contributed by atoms with Crippen LogP contribution in [0.25, 0.3) is 0 Å². The second-order valence-corrected chi connectivity index (χ2v) is 5.82. The van der Waals surface area contributed by atoms with Gasteiger partial charge in [0.05, 0.1) is 12.5 Å². The Bertz CT molecular complexity index is 247. The largest absolute Gasteiger partial charge is 0.352 e. The Balaban J connectivity index is 4.67. The highest BCUT2D eigenvalue weighted by Gasteiger charge is 2.32. The fourth-order valence-electron chi connectivity index (χ4n) is 1.91. The SMILES string of the molecule is [CH2]C(CC(OCCC)OCCCC)(OCCC)OC(C)CC. The maximum absolute atomic E-state index is 6.01. The van der Waals surface area contributed by atoms with E-state index in [0.29, 0.717) is 26.2 Å². The molecule has 3 unspecified atom stereocenters. The van der Waals surface area contributed by atoms with Crippen LogP contribution in [0, 0.1) is 6.92 Å². The third kappa shape index (κ3) is 10.5. The van der Waals surface area contributed by atoms with Gasteiger partial charge in [0.25, 0.3) is 0 Å². The van der Waals surface area contributed by atoms with Crippen LogP contribution in [0.15, 0.2) is 0 Å². The molecule has 0 saturated heterocycles. The van der Waals surface area contributed by atoms with E-state index in [1.165, 1.54) is 0 Å². The lowest BCUT2D eigenvalue weighted by molar-refractivity contribution is -0.269. The quantitative estimate of drug-likeness (QED) is 0.323. The van der Waals surface area contributed by atoms with Crippen LogP contribution in [0.3, 0.4) is 0 Å². The smallest absolute Gasteiger partial charge is 0.173 e. The molecule has 0 aliphatic carbocycles. The summed E-state index contributed by atoms with van der Waals surface area (Å²) in [7, 11) is 0. The molecule has 0 amide bonds. The first kappa shape index (κ1) is 21.8. The normalized spacial score (nSPS) is 17.2. The van der Waals surface area contributed by atoms with E-state index in [4.69, 9.17) is 18.9 Å². The summed E-state index contributed by atoms with van der Waals surface area (Å²) in [6, 6.07) is 0. The molecule has 0 bridgehead atoms. The Morgan fingerprint density at radius 1 is 0.909 bits per heavy atom. The van der Waals surface area contributed by atoms with Gasteiger partial charge in [0.1, 0.15) is 0 Å². The molecule has 133 valence electrons. The number of hydrogen-bond donors (Lipinski definition) is 0. The van der Waals surface area contributed by atoms with Gasteiger partial charge in [-0.15, -0.1) is 0 Å². The van der Waals surface area contributed by atoms with Gasteiger partial charge in [-0.05, 0) is 32.6 Å². The van der Waals surface area contributed by atoms with E-state index in [-0.39, 0.29) is 12.4 Å². The standard InChI is InChI=1S/C18H37O4/c1-7-11-14-20-17(19-12-8-2)15-18(6,21-13-9-3)22-16(5)10-4/h16-17H,6-15H2,1-5H3. The summed E-state index contributed by atoms with van der Waals surface area (Å²) >= 11 is 0. The second-order valence-electron chi connectivity index (χ2n) is 5.82. The highest BCUT2D eigenvalue weighted by atomic mass is 16.7. The van der Waals surface area contributed by atoms with Gasteiger partial charge < -0.3 is 18.9 Å². The van der Waals surface area contributed by atoms with E-state index < -0.39 is 5.79 Å². The summed E-state index contributed by atoms with van der Waals surface area (Å²) in [4.78, 5) is 0. The van der Waals surface area contributed by atoms with Gasteiger partial charge in [-0.25, -0.2) is 0 Å². The molecule has 0 aliphatic rings. The van der Waals surface area contributed by atoms with E-state index in [1.54, 1.807) is 0 Å². The second kappa shape index (κ2) is 13.3. The van der Waals surface area contributed by atoms with Crippen molar-refractivity contribution in [2.75, 3.05) is 19.8 Å². The Morgan fingerprint density at radius 3 is 2.09 bits per heavy atom. The van der Waals surface area contributed by atoms with Crippen molar-refractivity contribution in [3.05, 3.63) is 6.92 Å². The molecule has 4 nitrogen and oxygen atoms in total. The van der Waals surface area contributed by atoms with Gasteiger partial charge >= 0.3 is 0 Å². The fraction of sp³-hybridized carbons (Fsp3) is 0.944. The molecule has 0 aromatic rings. The molecule has 0 rings (SSSR count). The molecule has 0 N–H and O–H groups in total. The number of hydrogen-bond acceptors (Lipinski definition) is 4. The Morgan fingerprint density at radius 2 is 1.55 bits per heavy atom. The maximum atomic E-state index is 6.01. The fourth-order valence-corrected chi connectivity index (χ4v) is 1.91. The molecular weight excluding hydrogens is 280 g/mol. The van der Waals surface area contributed by atoms with Gasteiger partial charge in [-0.1, -0.05) is 34.1 Å². The third-order valence-electron chi connectivity index (χ3n) is 3.35. The van der Waals surface area contributed by atoms with Crippen molar-refractivity contribution in [2.24, 2.45) is 0 Å². The van der Waals surface area contributed by atoms with Crippen molar-refractivity contribution in [2.45, 2.75) is 91.3 Å². The number of rotatable bonds is 15. The van der Waals surface area contributed by atoms with Crippen LogP contribution < -0.4 is 0 Å². The van der Waals surface area contributed by atoms with Crippen molar-refractivity contribution in [3.63, 3.8) is 0 Å². The first-order chi connectivity index (χ1) is 10.5. The molecule has 0 aliphatic heterocycles. The predicted molar refractivity (Wildman–Crippen MR) is 90.7 cm³/mol. The van der Waals surface area contributed by atoms with E-state index in [0.717, 1.165) is 32.1 Å². The van der Waals surface area contributed by atoms with Crippen LogP contribution in [0.4, 0.5) is 0 Å². The first-order valence-corrected chi connectivity index (χ1v) is 8.91. The lowest BCUT2D eigenvalue weighted by atomic mass is 10.2. The van der Waals surface area contributed by atoms with Crippen LogP contribution >= 0.6 is 0 Å². The molecule has 0 aromatic carbocycles. The molecule has 0 spiro atoms.